The predicted octanol–water partition coefficient (Wildman–Crippen LogP) is 2.96. The fourth-order valence-electron chi connectivity index (χ4n) is 3.38. The van der Waals surface area contributed by atoms with E-state index in [0.717, 1.165) is 16.9 Å². The first-order chi connectivity index (χ1) is 15.3. The Balaban J connectivity index is 1.46. The highest BCUT2D eigenvalue weighted by Gasteiger charge is 2.30. The zero-order valence-electron chi connectivity index (χ0n) is 17.0. The molecule has 1 aromatic heterocycles. The zero-order valence-corrected chi connectivity index (χ0v) is 18.7. The minimum absolute atomic E-state index is 0.108. The second-order valence-electron chi connectivity index (χ2n) is 7.18. The van der Waals surface area contributed by atoms with Crippen LogP contribution in [0.2, 0.25) is 0 Å². The van der Waals surface area contributed by atoms with Crippen molar-refractivity contribution in [3.8, 4) is 0 Å². The standard InChI is InChI=1S/C22H19N3O5S2/c1-32(30)16-7-5-13(6-8-16)11-18(26)24-22-23-17-9-10-25(20(27)19(17)31-22)15-4-2-3-14(12-15)21(28)29/h2-8,12H,9-11H2,1H3,(H,28,29)(H,23,24,26). The summed E-state index contributed by atoms with van der Waals surface area (Å²) in [6, 6.07) is 13.2. The van der Waals surface area contributed by atoms with Crippen LogP contribution in [0.5, 0.6) is 0 Å². The average molecular weight is 470 g/mol. The van der Waals surface area contributed by atoms with Crippen molar-refractivity contribution in [2.45, 2.75) is 17.7 Å². The molecule has 3 aromatic rings. The molecular formula is C22H19N3O5S2. The van der Waals surface area contributed by atoms with Crippen molar-refractivity contribution >= 4 is 50.7 Å². The number of carbonyl (C=O) groups excluding carboxylic acids is 2. The Morgan fingerprint density at radius 1 is 1.22 bits per heavy atom. The topological polar surface area (TPSA) is 117 Å². The molecule has 1 aliphatic rings. The predicted molar refractivity (Wildman–Crippen MR) is 122 cm³/mol. The van der Waals surface area contributed by atoms with Gasteiger partial charge in [0.05, 0.1) is 17.7 Å². The number of nitrogens with one attached hydrogen (secondary N) is 1. The summed E-state index contributed by atoms with van der Waals surface area (Å²) < 4.78 is 11.5. The van der Waals surface area contributed by atoms with Gasteiger partial charge in [-0.3, -0.25) is 13.8 Å². The third-order valence-corrected chi connectivity index (χ3v) is 6.92. The lowest BCUT2D eigenvalue weighted by Gasteiger charge is -2.26. The van der Waals surface area contributed by atoms with Crippen molar-refractivity contribution in [1.82, 2.24) is 4.98 Å². The van der Waals surface area contributed by atoms with E-state index in [9.17, 15) is 23.7 Å². The van der Waals surface area contributed by atoms with Crippen LogP contribution in [0.1, 0.15) is 31.3 Å². The summed E-state index contributed by atoms with van der Waals surface area (Å²) in [6.07, 6.45) is 2.22. The third kappa shape index (κ3) is 4.61. The molecule has 2 amide bonds. The van der Waals surface area contributed by atoms with Crippen LogP contribution in [0.3, 0.4) is 0 Å². The summed E-state index contributed by atoms with van der Waals surface area (Å²) in [4.78, 5) is 43.7. The van der Waals surface area contributed by atoms with Crippen LogP contribution >= 0.6 is 11.3 Å². The average Bonchev–Trinajstić information content (AvgIpc) is 3.17. The number of carbonyl (C=O) groups is 3. The maximum Gasteiger partial charge on any atom is 0.335 e. The quantitative estimate of drug-likeness (QED) is 0.573. The maximum absolute atomic E-state index is 13.0. The summed E-state index contributed by atoms with van der Waals surface area (Å²) in [7, 11) is -1.08. The molecule has 2 heterocycles. The summed E-state index contributed by atoms with van der Waals surface area (Å²) >= 11 is 1.11. The summed E-state index contributed by atoms with van der Waals surface area (Å²) in [6.45, 7) is 0.372. The van der Waals surface area contributed by atoms with Crippen molar-refractivity contribution in [3.63, 3.8) is 0 Å². The van der Waals surface area contributed by atoms with Crippen molar-refractivity contribution in [3.05, 3.63) is 70.2 Å². The Morgan fingerprint density at radius 3 is 2.66 bits per heavy atom. The van der Waals surface area contributed by atoms with Crippen LogP contribution in [0.25, 0.3) is 0 Å². The molecule has 0 saturated heterocycles. The summed E-state index contributed by atoms with van der Waals surface area (Å²) in [5, 5.41) is 12.3. The SMILES string of the molecule is CS(=O)c1ccc(CC(=O)Nc2nc3c(s2)C(=O)N(c2cccc(C(=O)O)c2)CC3)cc1. The van der Waals surface area contributed by atoms with Gasteiger partial charge in [0, 0.05) is 40.6 Å². The van der Waals surface area contributed by atoms with E-state index >= 15 is 0 Å². The van der Waals surface area contributed by atoms with E-state index in [1.807, 2.05) is 0 Å². The number of rotatable bonds is 6. The van der Waals surface area contributed by atoms with Crippen LogP contribution < -0.4 is 10.2 Å². The Hall–Kier alpha value is -3.37. The molecule has 10 heteroatoms. The van der Waals surface area contributed by atoms with Gasteiger partial charge in [0.15, 0.2) is 5.13 Å². The molecule has 0 radical (unpaired) electrons. The second kappa shape index (κ2) is 9.01. The number of carboxylic acids is 1. The molecule has 8 nitrogen and oxygen atoms in total. The minimum Gasteiger partial charge on any atom is -0.478 e. The van der Waals surface area contributed by atoms with E-state index < -0.39 is 16.8 Å². The highest BCUT2D eigenvalue weighted by molar-refractivity contribution is 7.84. The highest BCUT2D eigenvalue weighted by Crippen LogP contribution is 2.31. The van der Waals surface area contributed by atoms with Gasteiger partial charge >= 0.3 is 5.97 Å². The molecular weight excluding hydrogens is 450 g/mol. The molecule has 2 N–H and O–H groups in total. The Morgan fingerprint density at radius 2 is 1.97 bits per heavy atom. The summed E-state index contributed by atoms with van der Waals surface area (Å²) in [5.74, 6) is -1.59. The lowest BCUT2D eigenvalue weighted by molar-refractivity contribution is -0.115. The number of carboxylic acid groups (broad SMARTS) is 1. The van der Waals surface area contributed by atoms with Crippen molar-refractivity contribution in [2.75, 3.05) is 23.0 Å². The molecule has 0 aliphatic carbocycles. The molecule has 1 aliphatic heterocycles. The molecule has 0 spiro atoms. The maximum atomic E-state index is 13.0. The zero-order chi connectivity index (χ0) is 22.8. The number of hydrogen-bond donors (Lipinski definition) is 2. The smallest absolute Gasteiger partial charge is 0.335 e. The number of aromatic nitrogens is 1. The fraction of sp³-hybridized carbons (Fsp3) is 0.182. The van der Waals surface area contributed by atoms with Gasteiger partial charge in [-0.25, -0.2) is 9.78 Å². The Labute approximate surface area is 190 Å². The number of thiazole rings is 1. The van der Waals surface area contributed by atoms with Gasteiger partial charge in [-0.15, -0.1) is 0 Å². The van der Waals surface area contributed by atoms with E-state index in [2.05, 4.69) is 10.3 Å². The lowest BCUT2D eigenvalue weighted by Crippen LogP contribution is -2.37. The Kier molecular flexibility index (Phi) is 6.15. The first kappa shape index (κ1) is 21.8. The van der Waals surface area contributed by atoms with Gasteiger partial charge < -0.3 is 15.3 Å². The molecule has 1 atom stereocenters. The molecule has 2 aromatic carbocycles. The van der Waals surface area contributed by atoms with Crippen LogP contribution in [-0.4, -0.2) is 44.9 Å². The molecule has 32 heavy (non-hydrogen) atoms. The largest absolute Gasteiger partial charge is 0.478 e. The summed E-state index contributed by atoms with van der Waals surface area (Å²) in [5.41, 5.74) is 2.02. The van der Waals surface area contributed by atoms with E-state index in [0.29, 0.717) is 39.3 Å². The first-order valence-corrected chi connectivity index (χ1v) is 12.1. The van der Waals surface area contributed by atoms with Crippen molar-refractivity contribution in [2.24, 2.45) is 0 Å². The number of benzene rings is 2. The van der Waals surface area contributed by atoms with Crippen LogP contribution in [-0.2, 0) is 28.4 Å². The molecule has 4 rings (SSSR count). The van der Waals surface area contributed by atoms with Crippen LogP contribution in [0.15, 0.2) is 53.4 Å². The molecule has 0 fully saturated rings. The number of amides is 2. The molecule has 164 valence electrons. The monoisotopic (exact) mass is 469 g/mol. The van der Waals surface area contributed by atoms with Gasteiger partial charge in [0.2, 0.25) is 5.91 Å². The second-order valence-corrected chi connectivity index (χ2v) is 9.56. The van der Waals surface area contributed by atoms with Crippen molar-refractivity contribution in [1.29, 1.82) is 0 Å². The van der Waals surface area contributed by atoms with Gasteiger partial charge in [-0.05, 0) is 35.9 Å². The van der Waals surface area contributed by atoms with E-state index in [-0.39, 0.29) is 23.8 Å². The van der Waals surface area contributed by atoms with Crippen LogP contribution in [0, 0.1) is 0 Å². The van der Waals surface area contributed by atoms with E-state index in [4.69, 9.17) is 0 Å². The number of anilines is 2. The molecule has 0 saturated carbocycles. The highest BCUT2D eigenvalue weighted by atomic mass is 32.2. The van der Waals surface area contributed by atoms with Gasteiger partial charge in [-0.2, -0.15) is 0 Å². The van der Waals surface area contributed by atoms with Crippen LogP contribution in [0.4, 0.5) is 10.8 Å². The Bertz CT molecular complexity index is 1240. The van der Waals surface area contributed by atoms with E-state index in [1.165, 1.54) is 17.0 Å². The van der Waals surface area contributed by atoms with Crippen molar-refractivity contribution < 1.29 is 23.7 Å². The first-order valence-electron chi connectivity index (χ1n) is 9.69. The third-order valence-electron chi connectivity index (χ3n) is 4.98. The lowest BCUT2D eigenvalue weighted by atomic mass is 10.1. The minimum atomic E-state index is -1.08. The fourth-order valence-corrected chi connectivity index (χ4v) is 4.88. The number of aromatic carboxylic acids is 1. The van der Waals surface area contributed by atoms with Gasteiger partial charge in [0.1, 0.15) is 4.88 Å². The van der Waals surface area contributed by atoms with Gasteiger partial charge in [-0.1, -0.05) is 29.5 Å². The number of nitrogens with zero attached hydrogens (tertiary/aromatic N) is 2. The molecule has 1 unspecified atom stereocenters. The normalized spacial score (nSPS) is 14.0. The molecule has 0 bridgehead atoms. The van der Waals surface area contributed by atoms with E-state index in [1.54, 1.807) is 42.7 Å². The number of fused-ring (bicyclic) bond motifs is 1. The number of hydrogen-bond acceptors (Lipinski definition) is 6. The van der Waals surface area contributed by atoms with Gasteiger partial charge in [0.25, 0.3) is 5.91 Å².